The first-order valence-corrected chi connectivity index (χ1v) is 11.5. The van der Waals surface area contributed by atoms with Crippen LogP contribution in [0.5, 0.6) is 0 Å². The lowest BCUT2D eigenvalue weighted by molar-refractivity contribution is -0.139. The van der Waals surface area contributed by atoms with E-state index in [0.29, 0.717) is 16.7 Å². The van der Waals surface area contributed by atoms with Crippen molar-refractivity contribution in [3.63, 3.8) is 0 Å². The number of fused-ring (bicyclic) bond motifs is 1. The third kappa shape index (κ3) is 4.55. The molecule has 1 N–H and O–H groups in total. The zero-order valence-corrected chi connectivity index (χ0v) is 19.5. The van der Waals surface area contributed by atoms with Crippen molar-refractivity contribution in [1.82, 2.24) is 14.8 Å². The number of nitrogens with one attached hydrogen (secondary N) is 1. The summed E-state index contributed by atoms with van der Waals surface area (Å²) in [4.78, 5) is 40.9. The van der Waals surface area contributed by atoms with Gasteiger partial charge in [-0.05, 0) is 32.4 Å². The molecule has 3 aromatic rings. The second-order valence-corrected chi connectivity index (χ2v) is 9.70. The van der Waals surface area contributed by atoms with Crippen molar-refractivity contribution in [2.45, 2.75) is 52.5 Å². The Kier molecular flexibility index (Phi) is 6.34. The maximum absolute atomic E-state index is 14.2. The van der Waals surface area contributed by atoms with E-state index >= 15 is 0 Å². The summed E-state index contributed by atoms with van der Waals surface area (Å²) >= 11 is 1.47. The first kappa shape index (κ1) is 23.1. The van der Waals surface area contributed by atoms with Crippen molar-refractivity contribution in [2.75, 3.05) is 6.54 Å². The number of hydrogen-bond acceptors (Lipinski definition) is 4. The Balaban J connectivity index is 1.50. The molecule has 6 nitrogen and oxygen atoms in total. The van der Waals surface area contributed by atoms with Crippen molar-refractivity contribution < 1.29 is 23.2 Å². The quantitative estimate of drug-likeness (QED) is 0.552. The zero-order valence-electron chi connectivity index (χ0n) is 18.7. The predicted octanol–water partition coefficient (Wildman–Crippen LogP) is 3.92. The first-order valence-electron chi connectivity index (χ1n) is 10.7. The number of aromatic nitrogens is 1. The van der Waals surface area contributed by atoms with Gasteiger partial charge < -0.3 is 14.8 Å². The number of carbonyl (C=O) groups is 3. The highest BCUT2D eigenvalue weighted by Crippen LogP contribution is 2.31. The molecule has 2 aromatic heterocycles. The lowest BCUT2D eigenvalue weighted by Gasteiger charge is -2.24. The van der Waals surface area contributed by atoms with Gasteiger partial charge in [-0.25, -0.2) is 8.78 Å². The molecule has 0 saturated carbocycles. The predicted molar refractivity (Wildman–Crippen MR) is 123 cm³/mol. The smallest absolute Gasteiger partial charge is 0.243 e. The van der Waals surface area contributed by atoms with Gasteiger partial charge in [0.25, 0.3) is 0 Å². The summed E-state index contributed by atoms with van der Waals surface area (Å²) < 4.78 is 30.2. The van der Waals surface area contributed by atoms with E-state index in [0.717, 1.165) is 15.1 Å². The van der Waals surface area contributed by atoms with Gasteiger partial charge in [0.2, 0.25) is 11.8 Å². The fourth-order valence-electron chi connectivity index (χ4n) is 4.28. The average molecular weight is 474 g/mol. The van der Waals surface area contributed by atoms with Crippen LogP contribution in [0.25, 0.3) is 10.2 Å². The van der Waals surface area contributed by atoms with Gasteiger partial charge in [-0.15, -0.1) is 11.3 Å². The fourth-order valence-corrected chi connectivity index (χ4v) is 5.28. The number of carbonyl (C=O) groups excluding carboxylic acids is 3. The highest BCUT2D eigenvalue weighted by molar-refractivity contribution is 7.18. The van der Waals surface area contributed by atoms with E-state index in [-0.39, 0.29) is 31.8 Å². The first-order chi connectivity index (χ1) is 15.7. The molecule has 2 amide bonds. The molecule has 9 heteroatoms. The minimum Gasteiger partial charge on any atom is -0.350 e. The molecule has 174 valence electrons. The molecule has 1 saturated heterocycles. The molecule has 33 heavy (non-hydrogen) atoms. The molecule has 0 unspecified atom stereocenters. The van der Waals surface area contributed by atoms with Gasteiger partial charge in [-0.1, -0.05) is 18.2 Å². The van der Waals surface area contributed by atoms with Crippen LogP contribution in [0.2, 0.25) is 0 Å². The molecule has 4 rings (SSSR count). The molecular weight excluding hydrogens is 448 g/mol. The molecule has 1 aliphatic rings. The van der Waals surface area contributed by atoms with Crippen molar-refractivity contribution in [2.24, 2.45) is 0 Å². The minimum absolute atomic E-state index is 0.0451. The van der Waals surface area contributed by atoms with Crippen LogP contribution in [0, 0.1) is 19.7 Å². The van der Waals surface area contributed by atoms with Crippen molar-refractivity contribution in [3.8, 4) is 0 Å². The van der Waals surface area contributed by atoms with Gasteiger partial charge in [-0.3, -0.25) is 14.4 Å². The third-order valence-corrected chi connectivity index (χ3v) is 7.04. The molecule has 1 aromatic carbocycles. The van der Waals surface area contributed by atoms with Crippen LogP contribution in [-0.4, -0.2) is 45.8 Å². The van der Waals surface area contributed by atoms with Crippen LogP contribution in [0.4, 0.5) is 8.78 Å². The molecule has 0 radical (unpaired) electrons. The Morgan fingerprint density at radius 3 is 2.73 bits per heavy atom. The van der Waals surface area contributed by atoms with Crippen LogP contribution in [0.3, 0.4) is 0 Å². The highest BCUT2D eigenvalue weighted by Gasteiger charge is 2.39. The molecule has 3 heterocycles. The van der Waals surface area contributed by atoms with Gasteiger partial charge in [0.15, 0.2) is 5.78 Å². The second-order valence-electron chi connectivity index (χ2n) is 8.46. The summed E-state index contributed by atoms with van der Waals surface area (Å²) in [6.45, 7) is 4.70. The van der Waals surface area contributed by atoms with Crippen LogP contribution in [0.1, 0.15) is 39.7 Å². The molecular formula is C24H25F2N3O3S. The normalized spacial score (nSPS) is 18.2. The Hall–Kier alpha value is -3.07. The van der Waals surface area contributed by atoms with E-state index < -0.39 is 29.8 Å². The highest BCUT2D eigenvalue weighted by atomic mass is 32.1. The standard InChI is InChI=1S/C24H25F2N3O3S/c1-13-5-4-6-16(22(13)26)9-27-23(32)20-8-17(25)10-29(20)21(31)12-28-11-19(15(3)30)18-7-14(2)33-24(18)28/h4-7,11,17,20H,8-10,12H2,1-3H3,(H,27,32)/t17-,20+/m1/s1. The molecule has 2 atom stereocenters. The number of thiophene rings is 1. The fraction of sp³-hybridized carbons (Fsp3) is 0.375. The Labute approximate surface area is 194 Å². The van der Waals surface area contributed by atoms with E-state index in [1.807, 2.05) is 13.0 Å². The summed E-state index contributed by atoms with van der Waals surface area (Å²) in [6, 6.07) is 5.85. The lowest BCUT2D eigenvalue weighted by atomic mass is 10.1. The van der Waals surface area contributed by atoms with Crippen LogP contribution in [-0.2, 0) is 22.7 Å². The summed E-state index contributed by atoms with van der Waals surface area (Å²) in [6.07, 6.45) is 0.215. The largest absolute Gasteiger partial charge is 0.350 e. The number of likely N-dealkylation sites (tertiary alicyclic amines) is 1. The monoisotopic (exact) mass is 473 g/mol. The SMILES string of the molecule is CC(=O)c1cn(CC(=O)N2C[C@H](F)C[C@H]2C(=O)NCc2cccc(C)c2F)c2sc(C)cc12. The summed E-state index contributed by atoms with van der Waals surface area (Å²) in [5.41, 5.74) is 1.33. The Morgan fingerprint density at radius 1 is 1.24 bits per heavy atom. The zero-order chi connectivity index (χ0) is 23.9. The van der Waals surface area contributed by atoms with Crippen molar-refractivity contribution >= 4 is 39.2 Å². The maximum atomic E-state index is 14.2. The maximum Gasteiger partial charge on any atom is 0.243 e. The minimum atomic E-state index is -1.32. The lowest BCUT2D eigenvalue weighted by Crippen LogP contribution is -2.46. The second kappa shape index (κ2) is 9.05. The number of Topliss-reactive ketones (excluding diaryl/α,β-unsaturated/α-hetero) is 1. The van der Waals surface area contributed by atoms with E-state index in [4.69, 9.17) is 0 Å². The van der Waals surface area contributed by atoms with Crippen LogP contribution in [0.15, 0.2) is 30.5 Å². The molecule has 1 fully saturated rings. The topological polar surface area (TPSA) is 71.4 Å². The van der Waals surface area contributed by atoms with Crippen LogP contribution >= 0.6 is 11.3 Å². The van der Waals surface area contributed by atoms with Gasteiger partial charge in [0.1, 0.15) is 29.4 Å². The van der Waals surface area contributed by atoms with E-state index in [1.165, 1.54) is 23.2 Å². The Morgan fingerprint density at radius 2 is 2.00 bits per heavy atom. The number of benzene rings is 1. The van der Waals surface area contributed by atoms with Gasteiger partial charge in [-0.2, -0.15) is 0 Å². The van der Waals surface area contributed by atoms with E-state index in [2.05, 4.69) is 5.32 Å². The van der Waals surface area contributed by atoms with Crippen LogP contribution < -0.4 is 5.32 Å². The van der Waals surface area contributed by atoms with Crippen molar-refractivity contribution in [3.05, 3.63) is 57.8 Å². The Bertz CT molecular complexity index is 1250. The number of rotatable bonds is 6. The van der Waals surface area contributed by atoms with E-state index in [1.54, 1.807) is 35.9 Å². The van der Waals surface area contributed by atoms with Gasteiger partial charge in [0.05, 0.1) is 6.54 Å². The number of nitrogens with zero attached hydrogens (tertiary/aromatic N) is 2. The molecule has 0 spiro atoms. The third-order valence-electron chi connectivity index (χ3n) is 5.95. The number of halogens is 2. The number of ketones is 1. The number of aryl methyl sites for hydroxylation is 2. The van der Waals surface area contributed by atoms with Gasteiger partial charge >= 0.3 is 0 Å². The number of alkyl halides is 1. The van der Waals surface area contributed by atoms with Crippen molar-refractivity contribution in [1.29, 1.82) is 0 Å². The summed E-state index contributed by atoms with van der Waals surface area (Å²) in [5.74, 6) is -1.42. The molecule has 0 bridgehead atoms. The summed E-state index contributed by atoms with van der Waals surface area (Å²) in [7, 11) is 0. The number of hydrogen-bond donors (Lipinski definition) is 1. The number of amides is 2. The molecule has 0 aliphatic carbocycles. The summed E-state index contributed by atoms with van der Waals surface area (Å²) in [5, 5.41) is 3.43. The average Bonchev–Trinajstić information content (AvgIpc) is 3.42. The van der Waals surface area contributed by atoms with E-state index in [9.17, 15) is 23.2 Å². The molecule has 1 aliphatic heterocycles. The van der Waals surface area contributed by atoms with Gasteiger partial charge in [0, 0.05) is 40.6 Å².